The van der Waals surface area contributed by atoms with Gasteiger partial charge in [0.05, 0.1) is 11.7 Å². The number of nitrogens with one attached hydrogen (secondary N) is 1. The van der Waals surface area contributed by atoms with E-state index in [2.05, 4.69) is 10.3 Å². The van der Waals surface area contributed by atoms with Crippen molar-refractivity contribution < 1.29 is 31.8 Å². The fraction of sp³-hybridized carbons (Fsp3) is 0.500. The average molecular weight is 263 g/mol. The zero-order chi connectivity index (χ0) is 12.3. The molecule has 1 aromatic rings. The van der Waals surface area contributed by atoms with E-state index in [0.717, 1.165) is 17.3 Å². The van der Waals surface area contributed by atoms with Crippen LogP contribution in [0.3, 0.4) is 0 Å². The Bertz CT molecular complexity index is 463. The number of hydrogen-bond acceptors (Lipinski definition) is 5. The molecule has 0 amide bonds. The summed E-state index contributed by atoms with van der Waals surface area (Å²) in [5.41, 5.74) is 0.378. The molecule has 1 aliphatic heterocycles. The van der Waals surface area contributed by atoms with Gasteiger partial charge in [0.1, 0.15) is 0 Å². The molecule has 1 saturated heterocycles. The normalized spacial score (nSPS) is 19.9. The summed E-state index contributed by atoms with van der Waals surface area (Å²) in [5.74, 6) is 0. The fourth-order valence-electron chi connectivity index (χ4n) is 2.05. The monoisotopic (exact) mass is 263 g/mol. The average Bonchev–Trinajstić information content (AvgIpc) is 2.30. The topological polar surface area (TPSA) is 85.4 Å². The van der Waals surface area contributed by atoms with Gasteiger partial charge >= 0.3 is 18.9 Å². The quantitative estimate of drug-likeness (QED) is 0.467. The summed E-state index contributed by atoms with van der Waals surface area (Å²) < 4.78 is 35.0. The standard InChI is InChI=1S/C10H15N3O3S.Li/c14-17(15,16)13(9-3-6-11-7-4-9)10-2-1-5-12-8-10;/h3-4,6-7,10,12H,1-2,5,8H2,(H,14,15,16);/q;+1/p-1. The minimum atomic E-state index is -4.50. The molecule has 0 saturated carbocycles. The van der Waals surface area contributed by atoms with Gasteiger partial charge in [-0.2, -0.15) is 0 Å². The van der Waals surface area contributed by atoms with Crippen molar-refractivity contribution in [3.63, 3.8) is 0 Å². The number of piperidine rings is 1. The van der Waals surface area contributed by atoms with Crippen molar-refractivity contribution in [2.75, 3.05) is 17.4 Å². The van der Waals surface area contributed by atoms with Gasteiger partial charge in [-0.1, -0.05) is 0 Å². The van der Waals surface area contributed by atoms with Crippen molar-refractivity contribution >= 4 is 16.0 Å². The molecule has 94 valence electrons. The van der Waals surface area contributed by atoms with E-state index in [1.165, 1.54) is 24.5 Å². The first-order valence-corrected chi connectivity index (χ1v) is 6.81. The minimum Gasteiger partial charge on any atom is -0.731 e. The molecule has 0 aliphatic carbocycles. The second-order valence-electron chi connectivity index (χ2n) is 3.96. The molecule has 8 heteroatoms. The summed E-state index contributed by atoms with van der Waals surface area (Å²) >= 11 is 0. The molecule has 1 fully saturated rings. The van der Waals surface area contributed by atoms with E-state index in [0.29, 0.717) is 18.7 Å². The van der Waals surface area contributed by atoms with Crippen LogP contribution >= 0.6 is 0 Å². The number of rotatable bonds is 3. The Hall–Kier alpha value is -0.583. The number of anilines is 1. The number of nitrogens with zero attached hydrogens (tertiary/aromatic N) is 2. The minimum absolute atomic E-state index is 0. The van der Waals surface area contributed by atoms with E-state index in [-0.39, 0.29) is 24.9 Å². The maximum atomic E-state index is 11.4. The Morgan fingerprint density at radius 1 is 1.39 bits per heavy atom. The van der Waals surface area contributed by atoms with E-state index in [9.17, 15) is 13.0 Å². The third kappa shape index (κ3) is 3.70. The third-order valence-corrected chi connectivity index (χ3v) is 3.75. The zero-order valence-electron chi connectivity index (χ0n) is 10.2. The van der Waals surface area contributed by atoms with Crippen LogP contribution in [0.2, 0.25) is 0 Å². The van der Waals surface area contributed by atoms with Crippen LogP contribution in [0.1, 0.15) is 12.8 Å². The van der Waals surface area contributed by atoms with Gasteiger partial charge in [-0.15, -0.1) is 0 Å². The van der Waals surface area contributed by atoms with Crippen LogP contribution < -0.4 is 28.5 Å². The van der Waals surface area contributed by atoms with Crippen molar-refractivity contribution in [1.29, 1.82) is 0 Å². The maximum Gasteiger partial charge on any atom is 1.00 e. The molecule has 1 aliphatic rings. The molecule has 6 nitrogen and oxygen atoms in total. The Labute approximate surface area is 119 Å². The van der Waals surface area contributed by atoms with E-state index in [1.54, 1.807) is 0 Å². The van der Waals surface area contributed by atoms with Crippen molar-refractivity contribution in [3.8, 4) is 0 Å². The molecular weight excluding hydrogens is 249 g/mol. The molecule has 1 atom stereocenters. The first-order chi connectivity index (χ1) is 8.09. The van der Waals surface area contributed by atoms with Crippen LogP contribution in [0, 0.1) is 0 Å². The predicted octanol–water partition coefficient (Wildman–Crippen LogP) is -2.90. The Morgan fingerprint density at radius 2 is 2.06 bits per heavy atom. The largest absolute Gasteiger partial charge is 1.00 e. The van der Waals surface area contributed by atoms with Crippen LogP contribution in [0.15, 0.2) is 24.5 Å². The number of aromatic nitrogens is 1. The Balaban J connectivity index is 0.00000162. The summed E-state index contributed by atoms with van der Waals surface area (Å²) in [7, 11) is -4.50. The maximum absolute atomic E-state index is 11.4. The number of pyridine rings is 1. The van der Waals surface area contributed by atoms with Crippen molar-refractivity contribution in [3.05, 3.63) is 24.5 Å². The van der Waals surface area contributed by atoms with Crippen LogP contribution in [0.25, 0.3) is 0 Å². The van der Waals surface area contributed by atoms with Crippen molar-refractivity contribution in [2.45, 2.75) is 18.9 Å². The molecule has 0 aromatic carbocycles. The first-order valence-electron chi connectivity index (χ1n) is 5.45. The van der Waals surface area contributed by atoms with Gasteiger partial charge in [0, 0.05) is 18.9 Å². The fourth-order valence-corrected chi connectivity index (χ4v) is 2.97. The summed E-state index contributed by atoms with van der Waals surface area (Å²) in [4.78, 5) is 3.82. The van der Waals surface area contributed by atoms with E-state index < -0.39 is 10.3 Å². The molecule has 2 heterocycles. The van der Waals surface area contributed by atoms with E-state index in [1.807, 2.05) is 0 Å². The molecule has 0 bridgehead atoms. The van der Waals surface area contributed by atoms with Crippen LogP contribution in [-0.4, -0.2) is 37.1 Å². The Kier molecular flexibility index (Phi) is 5.63. The van der Waals surface area contributed by atoms with Gasteiger partial charge in [0.2, 0.25) is 0 Å². The summed E-state index contributed by atoms with van der Waals surface area (Å²) in [6.45, 7) is 1.36. The van der Waals surface area contributed by atoms with Gasteiger partial charge in [-0.3, -0.25) is 9.29 Å². The predicted molar refractivity (Wildman–Crippen MR) is 62.3 cm³/mol. The van der Waals surface area contributed by atoms with E-state index in [4.69, 9.17) is 0 Å². The summed E-state index contributed by atoms with van der Waals surface area (Å²) in [5, 5.41) is 3.10. The molecule has 0 spiro atoms. The summed E-state index contributed by atoms with van der Waals surface area (Å²) in [6, 6.07) is 2.75. The van der Waals surface area contributed by atoms with E-state index >= 15 is 0 Å². The molecular formula is C10H14LiN3O3S. The van der Waals surface area contributed by atoms with Gasteiger partial charge in [0.15, 0.2) is 10.3 Å². The second kappa shape index (κ2) is 6.55. The first kappa shape index (κ1) is 15.5. The molecule has 1 aromatic heterocycles. The molecule has 1 unspecified atom stereocenters. The molecule has 18 heavy (non-hydrogen) atoms. The SMILES string of the molecule is O=S(=O)([O-])N(c1ccncc1)C1CCCNC1.[Li+]. The van der Waals surface area contributed by atoms with Crippen LogP contribution in [0.4, 0.5) is 5.69 Å². The molecule has 1 N–H and O–H groups in total. The second-order valence-corrected chi connectivity index (χ2v) is 5.21. The van der Waals surface area contributed by atoms with Gasteiger partial charge in [-0.05, 0) is 31.5 Å². The molecule has 2 rings (SSSR count). The zero-order valence-corrected chi connectivity index (χ0v) is 11.1. The van der Waals surface area contributed by atoms with Crippen molar-refractivity contribution in [1.82, 2.24) is 10.3 Å². The van der Waals surface area contributed by atoms with Crippen molar-refractivity contribution in [2.24, 2.45) is 0 Å². The van der Waals surface area contributed by atoms with Gasteiger partial charge < -0.3 is 9.87 Å². The smallest absolute Gasteiger partial charge is 0.731 e. The Morgan fingerprint density at radius 3 is 2.56 bits per heavy atom. The third-order valence-electron chi connectivity index (χ3n) is 2.76. The van der Waals surface area contributed by atoms with Gasteiger partial charge in [0.25, 0.3) is 0 Å². The van der Waals surface area contributed by atoms with Gasteiger partial charge in [-0.25, -0.2) is 8.42 Å². The van der Waals surface area contributed by atoms with Crippen LogP contribution in [-0.2, 0) is 10.3 Å². The number of hydrogen-bond donors (Lipinski definition) is 1. The van der Waals surface area contributed by atoms with Crippen LogP contribution in [0.5, 0.6) is 0 Å². The summed E-state index contributed by atoms with van der Waals surface area (Å²) in [6.07, 6.45) is 4.51. The molecule has 0 radical (unpaired) electrons.